The Balaban J connectivity index is 1.46. The number of aliphatic hydroxyl groups excluding tert-OH is 2. The Hall–Kier alpha value is -3.76. The molecule has 17 heteroatoms. The molecular formula is C38H52N4O13. The molecule has 0 aromatic carbocycles. The number of azide groups is 1. The van der Waals surface area contributed by atoms with Gasteiger partial charge in [0.25, 0.3) is 0 Å². The first kappa shape index (κ1) is 39.5. The first-order chi connectivity index (χ1) is 25.7. The number of carbonyl (C=O) groups is 5. The SMILES string of the molecule is CC(=O)O[C@H]1[C@H]2[C@@H]([C@@H](O)[C@@H](NC(=O)CCCN=[N+]=[N-])[C@H]3C[C@@H]4O[C@@H]4[C@H](OC(C)=O)[C@]23C)[C@@H]2[C@@H](O)[C@@H]3[C@H]([C@H](C)C=C4OC(=O)[C@@](C)(O)[C@@]43C)[C@@]2(C)[C@H]1OC(C)=O. The van der Waals surface area contributed by atoms with Crippen LogP contribution in [-0.2, 0) is 47.7 Å². The van der Waals surface area contributed by atoms with Crippen molar-refractivity contribution in [1.82, 2.24) is 5.32 Å². The van der Waals surface area contributed by atoms with Gasteiger partial charge in [0, 0.05) is 67.2 Å². The zero-order chi connectivity index (χ0) is 40.3. The molecule has 17 nitrogen and oxygen atoms in total. The van der Waals surface area contributed by atoms with E-state index in [9.17, 15) is 39.3 Å². The number of rotatable bonds is 8. The van der Waals surface area contributed by atoms with Gasteiger partial charge < -0.3 is 44.3 Å². The monoisotopic (exact) mass is 772 g/mol. The number of amides is 1. The molecule has 302 valence electrons. The Morgan fingerprint density at radius 3 is 2.20 bits per heavy atom. The number of ether oxygens (including phenoxy) is 5. The van der Waals surface area contributed by atoms with Crippen LogP contribution >= 0.6 is 0 Å². The van der Waals surface area contributed by atoms with E-state index in [2.05, 4.69) is 15.3 Å². The Morgan fingerprint density at radius 1 is 0.945 bits per heavy atom. The second-order valence-corrected chi connectivity index (χ2v) is 17.7. The lowest BCUT2D eigenvalue weighted by Crippen LogP contribution is -2.77. The van der Waals surface area contributed by atoms with Crippen LogP contribution in [0.5, 0.6) is 0 Å². The summed E-state index contributed by atoms with van der Waals surface area (Å²) in [7, 11) is 0. The van der Waals surface area contributed by atoms with Gasteiger partial charge in [0.2, 0.25) is 5.91 Å². The molecule has 4 N–H and O–H groups in total. The van der Waals surface area contributed by atoms with E-state index in [1.165, 1.54) is 27.7 Å². The number of nitrogens with zero attached hydrogens (tertiary/aromatic N) is 3. The van der Waals surface area contributed by atoms with Crippen LogP contribution in [0.3, 0.4) is 0 Å². The topological polar surface area (TPSA) is 256 Å². The van der Waals surface area contributed by atoms with Gasteiger partial charge in [-0.15, -0.1) is 0 Å². The van der Waals surface area contributed by atoms with Crippen molar-refractivity contribution in [3.05, 3.63) is 22.3 Å². The van der Waals surface area contributed by atoms with E-state index in [0.29, 0.717) is 6.42 Å². The van der Waals surface area contributed by atoms with Gasteiger partial charge in [-0.3, -0.25) is 19.2 Å². The summed E-state index contributed by atoms with van der Waals surface area (Å²) in [6.45, 7) is 12.4. The van der Waals surface area contributed by atoms with Crippen LogP contribution in [-0.4, -0.2) is 106 Å². The van der Waals surface area contributed by atoms with Crippen LogP contribution in [0.4, 0.5) is 0 Å². The maximum atomic E-state index is 13.6. The summed E-state index contributed by atoms with van der Waals surface area (Å²) in [5.74, 6) is -8.72. The molecule has 0 aromatic heterocycles. The lowest BCUT2D eigenvalue weighted by Gasteiger charge is -2.67. The Bertz CT molecular complexity index is 1760. The van der Waals surface area contributed by atoms with Crippen LogP contribution in [0.25, 0.3) is 10.4 Å². The first-order valence-electron chi connectivity index (χ1n) is 19.2. The van der Waals surface area contributed by atoms with Crippen LogP contribution < -0.4 is 5.32 Å². The molecule has 2 saturated heterocycles. The second kappa shape index (κ2) is 13.2. The van der Waals surface area contributed by atoms with E-state index < -0.39 is 136 Å². The van der Waals surface area contributed by atoms with Crippen molar-refractivity contribution in [2.45, 2.75) is 129 Å². The molecule has 1 amide bonds. The zero-order valence-electron chi connectivity index (χ0n) is 32.3. The van der Waals surface area contributed by atoms with Gasteiger partial charge in [-0.05, 0) is 62.0 Å². The average molecular weight is 773 g/mol. The summed E-state index contributed by atoms with van der Waals surface area (Å²) < 4.78 is 30.4. The molecule has 7 aliphatic rings. The molecule has 0 spiro atoms. The van der Waals surface area contributed by atoms with Gasteiger partial charge in [-0.2, -0.15) is 0 Å². The van der Waals surface area contributed by atoms with Gasteiger partial charge in [-0.1, -0.05) is 25.9 Å². The number of esters is 4. The third-order valence-electron chi connectivity index (χ3n) is 15.1. The second-order valence-electron chi connectivity index (χ2n) is 17.7. The van der Waals surface area contributed by atoms with Crippen LogP contribution in [0.2, 0.25) is 0 Å². The summed E-state index contributed by atoms with van der Waals surface area (Å²) in [5, 5.41) is 44.3. The number of aliphatic hydroxyl groups is 3. The molecule has 6 fully saturated rings. The minimum Gasteiger partial charge on any atom is -0.459 e. The largest absolute Gasteiger partial charge is 0.459 e. The number of hydrogen-bond acceptors (Lipinski definition) is 14. The number of epoxide rings is 1. The van der Waals surface area contributed by atoms with E-state index >= 15 is 0 Å². The van der Waals surface area contributed by atoms with Crippen molar-refractivity contribution < 1.29 is 63.0 Å². The number of allylic oxidation sites excluding steroid dienone is 1. The summed E-state index contributed by atoms with van der Waals surface area (Å²) in [6, 6.07) is -0.995. The van der Waals surface area contributed by atoms with E-state index in [1.54, 1.807) is 13.0 Å². The van der Waals surface area contributed by atoms with Gasteiger partial charge in [0.15, 0.2) is 5.60 Å². The van der Waals surface area contributed by atoms with Crippen molar-refractivity contribution >= 4 is 29.8 Å². The quantitative estimate of drug-likeness (QED) is 0.0523. The minimum atomic E-state index is -2.09. The van der Waals surface area contributed by atoms with Gasteiger partial charge >= 0.3 is 23.9 Å². The molecule has 19 atom stereocenters. The molecule has 0 radical (unpaired) electrons. The zero-order valence-corrected chi connectivity index (χ0v) is 32.3. The van der Waals surface area contributed by atoms with Gasteiger partial charge in [0.1, 0.15) is 30.2 Å². The smallest absolute Gasteiger partial charge is 0.343 e. The van der Waals surface area contributed by atoms with Crippen molar-refractivity contribution in [3.63, 3.8) is 0 Å². The fraction of sp³-hybridized carbons (Fsp3) is 0.816. The Kier molecular flexibility index (Phi) is 9.44. The third-order valence-corrected chi connectivity index (χ3v) is 15.1. The highest BCUT2D eigenvalue weighted by atomic mass is 16.6. The first-order valence-corrected chi connectivity index (χ1v) is 19.2. The minimum absolute atomic E-state index is 0.0262. The van der Waals surface area contributed by atoms with Crippen molar-refractivity contribution in [2.75, 3.05) is 6.54 Å². The van der Waals surface area contributed by atoms with E-state index in [-0.39, 0.29) is 31.2 Å². The molecule has 55 heavy (non-hydrogen) atoms. The van der Waals surface area contributed by atoms with Crippen molar-refractivity contribution in [3.8, 4) is 0 Å². The summed E-state index contributed by atoms with van der Waals surface area (Å²) in [6.07, 6.45) is -4.90. The molecule has 4 saturated carbocycles. The van der Waals surface area contributed by atoms with Crippen LogP contribution in [0, 0.1) is 57.7 Å². The third kappa shape index (κ3) is 5.39. The molecule has 0 aromatic rings. The predicted molar refractivity (Wildman–Crippen MR) is 186 cm³/mol. The fourth-order valence-electron chi connectivity index (χ4n) is 13.0. The highest BCUT2D eigenvalue weighted by molar-refractivity contribution is 5.85. The lowest BCUT2D eigenvalue weighted by atomic mass is 9.40. The predicted octanol–water partition coefficient (Wildman–Crippen LogP) is 1.85. The molecule has 0 bridgehead atoms. The lowest BCUT2D eigenvalue weighted by molar-refractivity contribution is -0.285. The van der Waals surface area contributed by atoms with Crippen LogP contribution in [0.1, 0.15) is 74.7 Å². The normalized spacial score (nSPS) is 49.8. The average Bonchev–Trinajstić information content (AvgIpc) is 3.78. The Labute approximate surface area is 318 Å². The fourth-order valence-corrected chi connectivity index (χ4v) is 13.0. The van der Waals surface area contributed by atoms with E-state index in [0.717, 1.165) is 0 Å². The van der Waals surface area contributed by atoms with Gasteiger partial charge in [0.05, 0.1) is 29.8 Å². The van der Waals surface area contributed by atoms with Crippen LogP contribution in [0.15, 0.2) is 16.9 Å². The van der Waals surface area contributed by atoms with Crippen molar-refractivity contribution in [1.29, 1.82) is 0 Å². The highest BCUT2D eigenvalue weighted by Crippen LogP contribution is 2.75. The maximum absolute atomic E-state index is 13.6. The maximum Gasteiger partial charge on any atom is 0.343 e. The van der Waals surface area contributed by atoms with E-state index in [1.807, 2.05) is 20.8 Å². The molecule has 0 unspecified atom stereocenters. The molecular weight excluding hydrogens is 720 g/mol. The molecule has 2 heterocycles. The van der Waals surface area contributed by atoms with E-state index in [4.69, 9.17) is 29.2 Å². The molecule has 7 rings (SSSR count). The number of carbonyl (C=O) groups excluding carboxylic acids is 5. The number of nitrogens with one attached hydrogen (secondary N) is 1. The Morgan fingerprint density at radius 2 is 1.58 bits per heavy atom. The molecule has 2 aliphatic heterocycles. The number of hydrogen-bond donors (Lipinski definition) is 4. The summed E-state index contributed by atoms with van der Waals surface area (Å²) in [5.41, 5.74) is 2.63. The summed E-state index contributed by atoms with van der Waals surface area (Å²) >= 11 is 0. The highest BCUT2D eigenvalue weighted by Gasteiger charge is 2.83. The number of fused-ring (bicyclic) bond motifs is 10. The summed E-state index contributed by atoms with van der Waals surface area (Å²) in [4.78, 5) is 68.9. The van der Waals surface area contributed by atoms with Crippen molar-refractivity contribution in [2.24, 2.45) is 62.8 Å². The standard InChI is InChI=1S/C38H52N4O13/c1-14-12-20-37(7,38(8,50)34(49)55-20)26-23(14)36(6)24(29(26)48)22-25(31(51-15(2)43)33(36)53-17(4)45)35(5)18(13-19-30(54-19)32(35)52-16(3)44)27(28(22)47)41-21(46)10-9-11-40-42-39/h12,14,18-19,22-33,47-48,50H,9-11,13H2,1-8H3,(H,41,46)/t14-,18-,19+,22+,23+,24-,25-,26+,27+,28-,29-,30+,31+,32+,33+,35+,36-,37+,38-/m1/s1. The van der Waals surface area contributed by atoms with Gasteiger partial charge in [-0.25, -0.2) is 4.79 Å². The molecule has 5 aliphatic carbocycles.